The molecule has 0 heterocycles. The molecule has 98 valence electrons. The molecule has 0 spiro atoms. The van der Waals surface area contributed by atoms with Crippen LogP contribution in [0.4, 0.5) is 4.39 Å². The van der Waals surface area contributed by atoms with E-state index in [1.807, 2.05) is 30.3 Å². The number of carbonyl (C=O) groups excluding carboxylic acids is 1. The Bertz CT molecular complexity index is 525. The Hall–Kier alpha value is -2.16. The molecule has 0 saturated carbocycles. The lowest BCUT2D eigenvalue weighted by Crippen LogP contribution is -2.14. The smallest absolute Gasteiger partial charge is 0.346 e. The zero-order valence-corrected chi connectivity index (χ0v) is 10.6. The minimum absolute atomic E-state index is 0.313. The quantitative estimate of drug-likeness (QED) is 0.775. The van der Waals surface area contributed by atoms with Crippen molar-refractivity contribution in [3.05, 3.63) is 71.8 Å². The number of benzene rings is 2. The highest BCUT2D eigenvalue weighted by Crippen LogP contribution is 2.23. The predicted molar refractivity (Wildman–Crippen MR) is 71.2 cm³/mol. The highest BCUT2D eigenvalue weighted by molar-refractivity contribution is 5.76. The number of esters is 1. The molecule has 0 saturated heterocycles. The Morgan fingerprint density at radius 3 is 1.95 bits per heavy atom. The third-order valence-corrected chi connectivity index (χ3v) is 2.86. The van der Waals surface area contributed by atoms with Crippen LogP contribution in [0.1, 0.15) is 30.3 Å². The Kier molecular flexibility index (Phi) is 4.29. The van der Waals surface area contributed by atoms with E-state index in [4.69, 9.17) is 4.74 Å². The molecule has 2 aromatic carbocycles. The molecule has 0 N–H and O–H groups in total. The van der Waals surface area contributed by atoms with Gasteiger partial charge in [-0.05, 0) is 18.1 Å². The van der Waals surface area contributed by atoms with Crippen molar-refractivity contribution in [2.24, 2.45) is 0 Å². The number of hydrogen-bond acceptors (Lipinski definition) is 2. The van der Waals surface area contributed by atoms with Crippen LogP contribution in [0.25, 0.3) is 0 Å². The van der Waals surface area contributed by atoms with Crippen molar-refractivity contribution in [2.75, 3.05) is 0 Å². The van der Waals surface area contributed by atoms with Gasteiger partial charge in [0.05, 0.1) is 0 Å². The van der Waals surface area contributed by atoms with Gasteiger partial charge in [0.2, 0.25) is 6.17 Å². The van der Waals surface area contributed by atoms with E-state index in [1.54, 1.807) is 37.3 Å². The van der Waals surface area contributed by atoms with E-state index >= 15 is 0 Å². The number of rotatable bonds is 4. The van der Waals surface area contributed by atoms with Gasteiger partial charge in [0.1, 0.15) is 6.10 Å². The van der Waals surface area contributed by atoms with Gasteiger partial charge >= 0.3 is 5.97 Å². The van der Waals surface area contributed by atoms with Crippen molar-refractivity contribution in [1.29, 1.82) is 0 Å². The molecule has 2 rings (SSSR count). The third kappa shape index (κ3) is 3.41. The lowest BCUT2D eigenvalue weighted by molar-refractivity contribution is -0.155. The zero-order chi connectivity index (χ0) is 13.7. The predicted octanol–water partition coefficient (Wildman–Crippen LogP) is 4.00. The molecular formula is C16H15FO2. The fourth-order valence-corrected chi connectivity index (χ4v) is 1.78. The first-order chi connectivity index (χ1) is 9.18. The Balaban J connectivity index is 2.02. The molecule has 0 amide bonds. The molecule has 0 bridgehead atoms. The van der Waals surface area contributed by atoms with Crippen LogP contribution in [0, 0.1) is 0 Å². The Labute approximate surface area is 111 Å². The number of ether oxygens (including phenoxy) is 1. The highest BCUT2D eigenvalue weighted by Gasteiger charge is 2.23. The van der Waals surface area contributed by atoms with Crippen LogP contribution in [0.3, 0.4) is 0 Å². The molecule has 0 aliphatic rings. The van der Waals surface area contributed by atoms with Crippen LogP contribution in [-0.2, 0) is 9.53 Å². The molecule has 2 atom stereocenters. The normalized spacial score (nSPS) is 13.6. The van der Waals surface area contributed by atoms with Crippen molar-refractivity contribution >= 4 is 5.97 Å². The SMILES string of the molecule is CC(OC(=O)C(F)c1ccccc1)c1ccccc1. The van der Waals surface area contributed by atoms with Crippen molar-refractivity contribution in [3.8, 4) is 0 Å². The van der Waals surface area contributed by atoms with E-state index in [0.717, 1.165) is 5.56 Å². The van der Waals surface area contributed by atoms with Gasteiger partial charge in [-0.25, -0.2) is 9.18 Å². The molecule has 19 heavy (non-hydrogen) atoms. The maximum Gasteiger partial charge on any atom is 0.346 e. The summed E-state index contributed by atoms with van der Waals surface area (Å²) >= 11 is 0. The fourth-order valence-electron chi connectivity index (χ4n) is 1.78. The summed E-state index contributed by atoms with van der Waals surface area (Å²) in [4.78, 5) is 11.7. The topological polar surface area (TPSA) is 26.3 Å². The lowest BCUT2D eigenvalue weighted by Gasteiger charge is -2.15. The van der Waals surface area contributed by atoms with Crippen LogP contribution in [0.2, 0.25) is 0 Å². The third-order valence-electron chi connectivity index (χ3n) is 2.86. The molecule has 0 aromatic heterocycles. The Morgan fingerprint density at radius 2 is 1.42 bits per heavy atom. The summed E-state index contributed by atoms with van der Waals surface area (Å²) in [6.07, 6.45) is -2.21. The first-order valence-corrected chi connectivity index (χ1v) is 6.13. The molecule has 0 aliphatic carbocycles. The van der Waals surface area contributed by atoms with Gasteiger partial charge < -0.3 is 4.74 Å². The number of hydrogen-bond donors (Lipinski definition) is 0. The van der Waals surface area contributed by atoms with Crippen molar-refractivity contribution in [3.63, 3.8) is 0 Å². The standard InChI is InChI=1S/C16H15FO2/c1-12(13-8-4-2-5-9-13)19-16(18)15(17)14-10-6-3-7-11-14/h2-12,15H,1H3. The van der Waals surface area contributed by atoms with E-state index in [1.165, 1.54) is 0 Å². The second-order valence-corrected chi connectivity index (χ2v) is 4.26. The lowest BCUT2D eigenvalue weighted by atomic mass is 10.1. The van der Waals surface area contributed by atoms with Crippen LogP contribution in [-0.4, -0.2) is 5.97 Å². The van der Waals surface area contributed by atoms with Gasteiger partial charge in [0.25, 0.3) is 0 Å². The minimum Gasteiger partial charge on any atom is -0.455 e. The van der Waals surface area contributed by atoms with Crippen molar-refractivity contribution in [2.45, 2.75) is 19.2 Å². The van der Waals surface area contributed by atoms with E-state index in [9.17, 15) is 9.18 Å². The van der Waals surface area contributed by atoms with Gasteiger partial charge in [-0.3, -0.25) is 0 Å². The highest BCUT2D eigenvalue weighted by atomic mass is 19.1. The van der Waals surface area contributed by atoms with Gasteiger partial charge in [-0.15, -0.1) is 0 Å². The van der Waals surface area contributed by atoms with Gasteiger partial charge in [-0.1, -0.05) is 60.7 Å². The van der Waals surface area contributed by atoms with Gasteiger partial charge in [-0.2, -0.15) is 0 Å². The Morgan fingerprint density at radius 1 is 0.947 bits per heavy atom. The summed E-state index contributed by atoms with van der Waals surface area (Å²) in [6, 6.07) is 17.5. The largest absolute Gasteiger partial charge is 0.455 e. The maximum atomic E-state index is 13.9. The van der Waals surface area contributed by atoms with Crippen LogP contribution < -0.4 is 0 Å². The molecule has 3 heteroatoms. The summed E-state index contributed by atoms with van der Waals surface area (Å²) < 4.78 is 19.1. The van der Waals surface area contributed by atoms with Crippen molar-refractivity contribution < 1.29 is 13.9 Å². The molecular weight excluding hydrogens is 243 g/mol. The van der Waals surface area contributed by atoms with Gasteiger partial charge in [0, 0.05) is 0 Å². The zero-order valence-electron chi connectivity index (χ0n) is 10.6. The summed E-state index contributed by atoms with van der Waals surface area (Å²) in [7, 11) is 0. The number of halogens is 1. The number of alkyl halides is 1. The maximum absolute atomic E-state index is 13.9. The summed E-state index contributed by atoms with van der Waals surface area (Å²) in [5.74, 6) is -0.859. The van der Waals surface area contributed by atoms with E-state index in [2.05, 4.69) is 0 Å². The second kappa shape index (κ2) is 6.14. The minimum atomic E-state index is -1.74. The van der Waals surface area contributed by atoms with Crippen molar-refractivity contribution in [1.82, 2.24) is 0 Å². The fraction of sp³-hybridized carbons (Fsp3) is 0.188. The van der Waals surface area contributed by atoms with E-state index in [-0.39, 0.29) is 0 Å². The average molecular weight is 258 g/mol. The monoisotopic (exact) mass is 258 g/mol. The summed E-state index contributed by atoms with van der Waals surface area (Å²) in [5.41, 5.74) is 1.16. The molecule has 0 fully saturated rings. The van der Waals surface area contributed by atoms with Crippen LogP contribution in [0.5, 0.6) is 0 Å². The average Bonchev–Trinajstić information content (AvgIpc) is 2.48. The van der Waals surface area contributed by atoms with Crippen LogP contribution >= 0.6 is 0 Å². The summed E-state index contributed by atoms with van der Waals surface area (Å²) in [6.45, 7) is 1.73. The summed E-state index contributed by atoms with van der Waals surface area (Å²) in [5, 5.41) is 0. The van der Waals surface area contributed by atoms with E-state index in [0.29, 0.717) is 5.56 Å². The second-order valence-electron chi connectivity index (χ2n) is 4.26. The molecule has 0 radical (unpaired) electrons. The van der Waals surface area contributed by atoms with E-state index < -0.39 is 18.2 Å². The first kappa shape index (κ1) is 13.3. The molecule has 2 nitrogen and oxygen atoms in total. The molecule has 0 aliphatic heterocycles. The molecule has 2 aromatic rings. The molecule has 2 unspecified atom stereocenters. The first-order valence-electron chi connectivity index (χ1n) is 6.13. The van der Waals surface area contributed by atoms with Gasteiger partial charge in [0.15, 0.2) is 0 Å². The van der Waals surface area contributed by atoms with Crippen LogP contribution in [0.15, 0.2) is 60.7 Å². The number of carbonyl (C=O) groups is 1.